The van der Waals surface area contributed by atoms with Gasteiger partial charge in [0.25, 0.3) is 11.2 Å². The van der Waals surface area contributed by atoms with E-state index in [1.807, 2.05) is 54.6 Å². The smallest absolute Gasteiger partial charge is 0.269 e. The summed E-state index contributed by atoms with van der Waals surface area (Å²) in [6, 6.07) is 23.7. The van der Waals surface area contributed by atoms with Crippen LogP contribution in [-0.2, 0) is 19.4 Å². The van der Waals surface area contributed by atoms with E-state index < -0.39 is 4.92 Å². The predicted octanol–water partition coefficient (Wildman–Crippen LogP) is 4.14. The van der Waals surface area contributed by atoms with Gasteiger partial charge >= 0.3 is 0 Å². The molecule has 4 aromatic rings. The SMILES string of the molecule is O=c1c2ccccc2nc(Cc2cccc([N+](=O)[O-])c2)n1CCc1ccccc1. The van der Waals surface area contributed by atoms with Crippen molar-refractivity contribution in [3.8, 4) is 0 Å². The monoisotopic (exact) mass is 385 g/mol. The Hall–Kier alpha value is -3.80. The second-order valence-electron chi connectivity index (χ2n) is 6.84. The molecule has 1 heterocycles. The lowest BCUT2D eigenvalue weighted by Gasteiger charge is -2.14. The van der Waals surface area contributed by atoms with Crippen LogP contribution in [0.3, 0.4) is 0 Å². The van der Waals surface area contributed by atoms with E-state index >= 15 is 0 Å². The molecule has 0 aliphatic carbocycles. The lowest BCUT2D eigenvalue weighted by Crippen LogP contribution is -2.26. The van der Waals surface area contributed by atoms with Gasteiger partial charge in [0, 0.05) is 25.1 Å². The highest BCUT2D eigenvalue weighted by atomic mass is 16.6. The van der Waals surface area contributed by atoms with Gasteiger partial charge in [0.15, 0.2) is 0 Å². The minimum Gasteiger partial charge on any atom is -0.296 e. The molecule has 0 atom stereocenters. The van der Waals surface area contributed by atoms with Crippen LogP contribution in [0.25, 0.3) is 10.9 Å². The molecule has 0 unspecified atom stereocenters. The zero-order chi connectivity index (χ0) is 20.2. The molecule has 0 aliphatic heterocycles. The lowest BCUT2D eigenvalue weighted by atomic mass is 10.1. The van der Waals surface area contributed by atoms with Crippen molar-refractivity contribution in [2.24, 2.45) is 0 Å². The third kappa shape index (κ3) is 4.06. The van der Waals surface area contributed by atoms with Gasteiger partial charge < -0.3 is 0 Å². The molecule has 3 aromatic carbocycles. The van der Waals surface area contributed by atoms with Gasteiger partial charge in [-0.25, -0.2) is 4.98 Å². The molecule has 0 amide bonds. The van der Waals surface area contributed by atoms with Crippen molar-refractivity contribution in [3.05, 3.63) is 116 Å². The number of aromatic nitrogens is 2. The Morgan fingerprint density at radius 2 is 1.62 bits per heavy atom. The van der Waals surface area contributed by atoms with E-state index in [1.54, 1.807) is 16.7 Å². The van der Waals surface area contributed by atoms with Gasteiger partial charge in [0.1, 0.15) is 5.82 Å². The van der Waals surface area contributed by atoms with Gasteiger partial charge in [-0.05, 0) is 29.7 Å². The van der Waals surface area contributed by atoms with Gasteiger partial charge in [0.05, 0.1) is 15.8 Å². The number of nitrogens with zero attached hydrogens (tertiary/aromatic N) is 3. The number of fused-ring (bicyclic) bond motifs is 1. The summed E-state index contributed by atoms with van der Waals surface area (Å²) >= 11 is 0. The van der Waals surface area contributed by atoms with Crippen molar-refractivity contribution in [1.82, 2.24) is 9.55 Å². The minimum atomic E-state index is -0.417. The number of benzene rings is 3. The summed E-state index contributed by atoms with van der Waals surface area (Å²) in [7, 11) is 0. The van der Waals surface area contributed by atoms with Crippen molar-refractivity contribution in [1.29, 1.82) is 0 Å². The van der Waals surface area contributed by atoms with Crippen LogP contribution in [0.2, 0.25) is 0 Å². The minimum absolute atomic E-state index is 0.0291. The maximum Gasteiger partial charge on any atom is 0.269 e. The molecular weight excluding hydrogens is 366 g/mol. The van der Waals surface area contributed by atoms with E-state index in [9.17, 15) is 14.9 Å². The van der Waals surface area contributed by atoms with E-state index in [2.05, 4.69) is 0 Å². The Morgan fingerprint density at radius 3 is 2.41 bits per heavy atom. The number of aryl methyl sites for hydroxylation is 1. The van der Waals surface area contributed by atoms with Crippen LogP contribution in [0.1, 0.15) is 17.0 Å². The molecule has 6 heteroatoms. The molecule has 144 valence electrons. The van der Waals surface area contributed by atoms with Gasteiger partial charge in [-0.2, -0.15) is 0 Å². The average Bonchev–Trinajstić information content (AvgIpc) is 2.74. The fourth-order valence-corrected chi connectivity index (χ4v) is 3.43. The number of hydrogen-bond donors (Lipinski definition) is 0. The summed E-state index contributed by atoms with van der Waals surface area (Å²) in [6.45, 7) is 0.491. The second-order valence-corrected chi connectivity index (χ2v) is 6.84. The van der Waals surface area contributed by atoms with Crippen LogP contribution in [-0.4, -0.2) is 14.5 Å². The first-order valence-corrected chi connectivity index (χ1v) is 9.37. The van der Waals surface area contributed by atoms with Gasteiger partial charge in [-0.3, -0.25) is 19.5 Å². The molecule has 0 saturated heterocycles. The molecule has 0 fully saturated rings. The van der Waals surface area contributed by atoms with E-state index in [1.165, 1.54) is 12.1 Å². The highest BCUT2D eigenvalue weighted by Gasteiger charge is 2.13. The Kier molecular flexibility index (Phi) is 5.16. The quantitative estimate of drug-likeness (QED) is 0.369. The third-order valence-electron chi connectivity index (χ3n) is 4.89. The molecule has 0 aliphatic rings. The first kappa shape index (κ1) is 18.6. The van der Waals surface area contributed by atoms with Crippen LogP contribution in [0.15, 0.2) is 83.7 Å². The first-order chi connectivity index (χ1) is 14.1. The summed E-state index contributed by atoms with van der Waals surface area (Å²) in [4.78, 5) is 28.5. The topological polar surface area (TPSA) is 78.0 Å². The number of rotatable bonds is 6. The van der Waals surface area contributed by atoms with E-state index in [4.69, 9.17) is 4.98 Å². The molecule has 0 bridgehead atoms. The summed E-state index contributed by atoms with van der Waals surface area (Å²) in [5.41, 5.74) is 2.45. The van der Waals surface area contributed by atoms with Crippen LogP contribution in [0.5, 0.6) is 0 Å². The van der Waals surface area contributed by atoms with Gasteiger partial charge in [0.2, 0.25) is 0 Å². The number of hydrogen-bond acceptors (Lipinski definition) is 4. The fourth-order valence-electron chi connectivity index (χ4n) is 3.43. The van der Waals surface area contributed by atoms with Gasteiger partial charge in [-0.1, -0.05) is 54.6 Å². The van der Waals surface area contributed by atoms with E-state index in [0.29, 0.717) is 36.1 Å². The molecule has 6 nitrogen and oxygen atoms in total. The van der Waals surface area contributed by atoms with Crippen LogP contribution in [0, 0.1) is 10.1 Å². The molecule has 1 aromatic heterocycles. The van der Waals surface area contributed by atoms with E-state index in [-0.39, 0.29) is 11.2 Å². The lowest BCUT2D eigenvalue weighted by molar-refractivity contribution is -0.384. The summed E-state index contributed by atoms with van der Waals surface area (Å²) in [6.07, 6.45) is 1.04. The van der Waals surface area contributed by atoms with Crippen molar-refractivity contribution >= 4 is 16.6 Å². The zero-order valence-corrected chi connectivity index (χ0v) is 15.7. The van der Waals surface area contributed by atoms with Gasteiger partial charge in [-0.15, -0.1) is 0 Å². The molecule has 0 spiro atoms. The Morgan fingerprint density at radius 1 is 0.897 bits per heavy atom. The Balaban J connectivity index is 1.75. The number of para-hydroxylation sites is 1. The fraction of sp³-hybridized carbons (Fsp3) is 0.130. The van der Waals surface area contributed by atoms with Crippen LogP contribution >= 0.6 is 0 Å². The molecule has 29 heavy (non-hydrogen) atoms. The van der Waals surface area contributed by atoms with Crippen molar-refractivity contribution < 1.29 is 4.92 Å². The predicted molar refractivity (Wildman–Crippen MR) is 112 cm³/mol. The number of nitro benzene ring substituents is 1. The van der Waals surface area contributed by atoms with Crippen LogP contribution in [0.4, 0.5) is 5.69 Å². The molecule has 0 N–H and O–H groups in total. The van der Waals surface area contributed by atoms with Crippen molar-refractivity contribution in [2.75, 3.05) is 0 Å². The maximum atomic E-state index is 13.2. The largest absolute Gasteiger partial charge is 0.296 e. The standard InChI is InChI=1S/C23H19N3O3/c27-23-20-11-4-5-12-21(20)24-22(16-18-9-6-10-19(15-18)26(28)29)25(23)14-13-17-7-2-1-3-8-17/h1-12,15H,13-14,16H2. The summed E-state index contributed by atoms with van der Waals surface area (Å²) in [5.74, 6) is 0.602. The van der Waals surface area contributed by atoms with Crippen LogP contribution < -0.4 is 5.56 Å². The highest BCUT2D eigenvalue weighted by molar-refractivity contribution is 5.77. The third-order valence-corrected chi connectivity index (χ3v) is 4.89. The molecular formula is C23H19N3O3. The first-order valence-electron chi connectivity index (χ1n) is 9.37. The molecule has 0 saturated carbocycles. The average molecular weight is 385 g/mol. The van der Waals surface area contributed by atoms with E-state index in [0.717, 1.165) is 11.1 Å². The normalized spacial score (nSPS) is 10.9. The number of non-ortho nitro benzene ring substituents is 1. The van der Waals surface area contributed by atoms with Crippen molar-refractivity contribution in [3.63, 3.8) is 0 Å². The Bertz CT molecular complexity index is 1230. The highest BCUT2D eigenvalue weighted by Crippen LogP contribution is 2.17. The molecule has 0 radical (unpaired) electrons. The Labute approximate surface area is 167 Å². The second kappa shape index (κ2) is 8.06. The molecule has 4 rings (SSSR count). The maximum absolute atomic E-state index is 13.2. The number of nitro groups is 1. The summed E-state index contributed by atoms with van der Waals surface area (Å²) < 4.78 is 1.69. The zero-order valence-electron chi connectivity index (χ0n) is 15.7. The summed E-state index contributed by atoms with van der Waals surface area (Å²) in [5, 5.41) is 11.7. The van der Waals surface area contributed by atoms with Crippen molar-refractivity contribution in [2.45, 2.75) is 19.4 Å².